The lowest BCUT2D eigenvalue weighted by Crippen LogP contribution is -2.48. The van der Waals surface area contributed by atoms with E-state index in [0.29, 0.717) is 34.5 Å². The lowest BCUT2D eigenvalue weighted by molar-refractivity contribution is -0.122. The second kappa shape index (κ2) is 9.73. The van der Waals surface area contributed by atoms with Crippen LogP contribution in [-0.2, 0) is 17.9 Å². The molecule has 0 aromatic carbocycles. The average Bonchev–Trinajstić information content (AvgIpc) is 2.75. The van der Waals surface area contributed by atoms with Crippen LogP contribution < -0.4 is 16.2 Å². The molecule has 2 N–H and O–H groups in total. The molecular weight excluding hydrogens is 470 g/mol. The van der Waals surface area contributed by atoms with Crippen LogP contribution in [0.5, 0.6) is 0 Å². The standard InChI is InChI=1S/C24H34BrN5O2/c1-14-10-26-8-7-18(14)11-27-21(31)13-30-23(32)22(25)20(12-28-30)29-19-9-15(2)24(5,6)17(4)16(19)3/h7-8,10,12,15-17,19,29H,9,11,13H2,1-6H3,(H,27,31)/t15-,16+,17+,19+/m0/s1. The van der Waals surface area contributed by atoms with Gasteiger partial charge in [0.25, 0.3) is 5.56 Å². The molecule has 4 atom stereocenters. The summed E-state index contributed by atoms with van der Waals surface area (Å²) in [5.41, 5.74) is 2.62. The van der Waals surface area contributed by atoms with E-state index in [1.807, 2.05) is 13.0 Å². The minimum Gasteiger partial charge on any atom is -0.380 e. The maximum absolute atomic E-state index is 12.8. The van der Waals surface area contributed by atoms with Crippen LogP contribution in [-0.4, -0.2) is 26.7 Å². The number of hydrogen-bond donors (Lipinski definition) is 2. The number of amides is 1. The van der Waals surface area contributed by atoms with Crippen molar-refractivity contribution in [3.63, 3.8) is 0 Å². The molecule has 1 saturated carbocycles. The van der Waals surface area contributed by atoms with E-state index >= 15 is 0 Å². The van der Waals surface area contributed by atoms with Crippen LogP contribution in [0.15, 0.2) is 33.9 Å². The predicted octanol–water partition coefficient (Wildman–Crippen LogP) is 4.14. The SMILES string of the molecule is Cc1cnccc1CNC(=O)Cn1ncc(N[C@@H]2C[C@H](C)C(C)(C)[C@H](C)[C@H]2C)c(Br)c1=O. The zero-order valence-corrected chi connectivity index (χ0v) is 21.4. The molecule has 0 unspecified atom stereocenters. The number of nitrogens with one attached hydrogen (secondary N) is 2. The van der Waals surface area contributed by atoms with Gasteiger partial charge < -0.3 is 10.6 Å². The molecule has 0 aliphatic heterocycles. The van der Waals surface area contributed by atoms with Gasteiger partial charge in [0, 0.05) is 25.0 Å². The minimum absolute atomic E-state index is 0.135. The van der Waals surface area contributed by atoms with Crippen LogP contribution in [0.3, 0.4) is 0 Å². The number of anilines is 1. The second-order valence-corrected chi connectivity index (χ2v) is 10.6. The second-order valence-electron chi connectivity index (χ2n) is 9.77. The monoisotopic (exact) mass is 503 g/mol. The molecule has 2 heterocycles. The number of nitrogens with zero attached hydrogens (tertiary/aromatic N) is 3. The Balaban J connectivity index is 1.67. The summed E-state index contributed by atoms with van der Waals surface area (Å²) >= 11 is 3.43. The molecule has 1 aliphatic rings. The van der Waals surface area contributed by atoms with Gasteiger partial charge in [0.2, 0.25) is 5.91 Å². The van der Waals surface area contributed by atoms with Crippen molar-refractivity contribution in [2.45, 2.75) is 67.1 Å². The predicted molar refractivity (Wildman–Crippen MR) is 130 cm³/mol. The molecule has 1 amide bonds. The van der Waals surface area contributed by atoms with E-state index < -0.39 is 0 Å². The van der Waals surface area contributed by atoms with E-state index in [-0.39, 0.29) is 29.5 Å². The lowest BCUT2D eigenvalue weighted by atomic mass is 9.58. The Morgan fingerprint density at radius 2 is 2.00 bits per heavy atom. The van der Waals surface area contributed by atoms with Crippen LogP contribution in [0.1, 0.15) is 52.2 Å². The summed E-state index contributed by atoms with van der Waals surface area (Å²) in [5.74, 6) is 1.29. The fraction of sp³-hybridized carbons (Fsp3) is 0.583. The van der Waals surface area contributed by atoms with Gasteiger partial charge in [-0.1, -0.05) is 34.6 Å². The van der Waals surface area contributed by atoms with Crippen LogP contribution >= 0.6 is 15.9 Å². The van der Waals surface area contributed by atoms with Crippen LogP contribution in [0.25, 0.3) is 0 Å². The van der Waals surface area contributed by atoms with Crippen molar-refractivity contribution < 1.29 is 4.79 Å². The van der Waals surface area contributed by atoms with Crippen molar-refractivity contribution in [3.8, 4) is 0 Å². The Morgan fingerprint density at radius 1 is 1.28 bits per heavy atom. The van der Waals surface area contributed by atoms with Crippen LogP contribution in [0, 0.1) is 30.1 Å². The van der Waals surface area contributed by atoms with E-state index in [9.17, 15) is 9.59 Å². The van der Waals surface area contributed by atoms with Crippen molar-refractivity contribution >= 4 is 27.5 Å². The van der Waals surface area contributed by atoms with Gasteiger partial charge in [-0.3, -0.25) is 14.6 Å². The van der Waals surface area contributed by atoms with Crippen molar-refractivity contribution in [2.24, 2.45) is 23.2 Å². The molecule has 7 nitrogen and oxygen atoms in total. The first kappa shape index (κ1) is 24.4. The van der Waals surface area contributed by atoms with E-state index in [0.717, 1.165) is 17.5 Å². The molecule has 0 saturated heterocycles. The largest absolute Gasteiger partial charge is 0.380 e. The number of aromatic nitrogens is 3. The topological polar surface area (TPSA) is 88.9 Å². The Labute approximate surface area is 198 Å². The third-order valence-corrected chi connectivity index (χ3v) is 8.47. The van der Waals surface area contributed by atoms with Crippen molar-refractivity contribution in [2.75, 3.05) is 5.32 Å². The summed E-state index contributed by atoms with van der Waals surface area (Å²) in [6, 6.07) is 2.12. The molecule has 0 bridgehead atoms. The highest BCUT2D eigenvalue weighted by Crippen LogP contribution is 2.48. The Hall–Kier alpha value is -2.22. The van der Waals surface area contributed by atoms with Crippen LogP contribution in [0.4, 0.5) is 5.69 Å². The van der Waals surface area contributed by atoms with E-state index in [1.165, 1.54) is 4.68 Å². The molecule has 8 heteroatoms. The summed E-state index contributed by atoms with van der Waals surface area (Å²) in [7, 11) is 0. The quantitative estimate of drug-likeness (QED) is 0.617. The highest BCUT2D eigenvalue weighted by Gasteiger charge is 2.43. The number of halogens is 1. The third kappa shape index (κ3) is 5.05. The van der Waals surface area contributed by atoms with Crippen molar-refractivity contribution in [1.29, 1.82) is 0 Å². The van der Waals surface area contributed by atoms with E-state index in [1.54, 1.807) is 18.6 Å². The Kier molecular flexibility index (Phi) is 7.43. The van der Waals surface area contributed by atoms with Gasteiger partial charge in [-0.2, -0.15) is 5.10 Å². The van der Waals surface area contributed by atoms with Gasteiger partial charge in [-0.05, 0) is 69.6 Å². The first-order valence-corrected chi connectivity index (χ1v) is 12.0. The normalized spacial score (nSPS) is 24.7. The first-order chi connectivity index (χ1) is 15.0. The first-order valence-electron chi connectivity index (χ1n) is 11.2. The minimum atomic E-state index is -0.324. The highest BCUT2D eigenvalue weighted by molar-refractivity contribution is 9.10. The zero-order chi connectivity index (χ0) is 23.6. The van der Waals surface area contributed by atoms with Crippen molar-refractivity contribution in [1.82, 2.24) is 20.1 Å². The Morgan fingerprint density at radius 3 is 2.69 bits per heavy atom. The fourth-order valence-corrected chi connectivity index (χ4v) is 4.95. The molecular formula is C24H34BrN5O2. The molecule has 2 aromatic rings. The number of carbonyl (C=O) groups excluding carboxylic acids is 1. The van der Waals surface area contributed by atoms with Gasteiger partial charge in [0.05, 0.1) is 11.9 Å². The number of rotatable bonds is 6. The van der Waals surface area contributed by atoms with Gasteiger partial charge in [0.1, 0.15) is 11.0 Å². The van der Waals surface area contributed by atoms with E-state index in [2.05, 4.69) is 71.3 Å². The Bertz CT molecular complexity index is 1040. The summed E-state index contributed by atoms with van der Waals surface area (Å²) in [4.78, 5) is 29.3. The van der Waals surface area contributed by atoms with Gasteiger partial charge in [-0.25, -0.2) is 4.68 Å². The lowest BCUT2D eigenvalue weighted by Gasteiger charge is -2.50. The van der Waals surface area contributed by atoms with Gasteiger partial charge in [-0.15, -0.1) is 0 Å². The average molecular weight is 504 g/mol. The molecule has 3 rings (SSSR count). The van der Waals surface area contributed by atoms with Gasteiger partial charge in [0.15, 0.2) is 0 Å². The third-order valence-electron chi connectivity index (χ3n) is 7.71. The molecule has 174 valence electrons. The zero-order valence-electron chi connectivity index (χ0n) is 19.8. The molecule has 0 radical (unpaired) electrons. The smallest absolute Gasteiger partial charge is 0.283 e. The fourth-order valence-electron chi connectivity index (χ4n) is 4.53. The molecule has 1 aliphatic carbocycles. The summed E-state index contributed by atoms with van der Waals surface area (Å²) < 4.78 is 1.59. The maximum atomic E-state index is 12.8. The highest BCUT2D eigenvalue weighted by atomic mass is 79.9. The molecule has 0 spiro atoms. The van der Waals surface area contributed by atoms with Crippen molar-refractivity contribution in [3.05, 3.63) is 50.6 Å². The maximum Gasteiger partial charge on any atom is 0.283 e. The summed E-state index contributed by atoms with van der Waals surface area (Å²) in [6.45, 7) is 13.8. The summed E-state index contributed by atoms with van der Waals surface area (Å²) in [6.07, 6.45) is 6.11. The molecule has 32 heavy (non-hydrogen) atoms. The molecule has 2 aromatic heterocycles. The number of aryl methyl sites for hydroxylation is 1. The number of hydrogen-bond acceptors (Lipinski definition) is 5. The summed E-state index contributed by atoms with van der Waals surface area (Å²) in [5, 5.41) is 10.6. The molecule has 1 fully saturated rings. The van der Waals surface area contributed by atoms with Gasteiger partial charge >= 0.3 is 0 Å². The van der Waals surface area contributed by atoms with Crippen LogP contribution in [0.2, 0.25) is 0 Å². The van der Waals surface area contributed by atoms with E-state index in [4.69, 9.17) is 0 Å². The number of carbonyl (C=O) groups is 1. The number of pyridine rings is 1.